The number of carbonyl (C=O) groups excluding carboxylic acids is 3. The molecule has 1 aliphatic heterocycles. The number of hydrazine groups is 1. The molecule has 0 radical (unpaired) electrons. The normalized spacial score (nSPS) is 14.6. The molecule has 1 aromatic heterocycles. The molecule has 0 saturated carbocycles. The summed E-state index contributed by atoms with van der Waals surface area (Å²) in [7, 11) is 3.80. The van der Waals surface area contributed by atoms with E-state index in [1.165, 1.54) is 0 Å². The molecule has 160 valence electrons. The molecule has 1 aromatic carbocycles. The van der Waals surface area contributed by atoms with Gasteiger partial charge in [0.1, 0.15) is 0 Å². The van der Waals surface area contributed by atoms with Crippen LogP contribution in [0.25, 0.3) is 0 Å². The Morgan fingerprint density at radius 2 is 1.60 bits per heavy atom. The van der Waals surface area contributed by atoms with E-state index < -0.39 is 0 Å². The van der Waals surface area contributed by atoms with Crippen LogP contribution in [0, 0.1) is 6.92 Å². The average molecular weight is 412 g/mol. The molecule has 1 fully saturated rings. The molecular weight excluding hydrogens is 382 g/mol. The van der Waals surface area contributed by atoms with E-state index in [9.17, 15) is 14.4 Å². The Balaban J connectivity index is 1.49. The molecule has 2 heterocycles. The van der Waals surface area contributed by atoms with Crippen molar-refractivity contribution in [3.05, 3.63) is 58.9 Å². The molecular formula is C22H29N5O3. The number of benzene rings is 1. The highest BCUT2D eigenvalue weighted by molar-refractivity contribution is 6.08. The Hall–Kier alpha value is -2.97. The number of rotatable bonds is 7. The zero-order valence-electron chi connectivity index (χ0n) is 17.8. The van der Waals surface area contributed by atoms with Crippen LogP contribution in [0.3, 0.4) is 0 Å². The third kappa shape index (κ3) is 5.34. The van der Waals surface area contributed by atoms with Gasteiger partial charge in [-0.1, -0.05) is 29.8 Å². The van der Waals surface area contributed by atoms with Crippen molar-refractivity contribution in [3.63, 3.8) is 0 Å². The topological polar surface area (TPSA) is 86.7 Å². The lowest BCUT2D eigenvalue weighted by atomic mass is 10.1. The number of carbonyl (C=O) groups is 3. The molecule has 0 aliphatic carbocycles. The van der Waals surface area contributed by atoms with Gasteiger partial charge in [0.05, 0.1) is 18.7 Å². The Morgan fingerprint density at radius 3 is 2.27 bits per heavy atom. The van der Waals surface area contributed by atoms with Gasteiger partial charge in [-0.05, 0) is 26.1 Å². The molecule has 0 bridgehead atoms. The number of likely N-dealkylation sites (N-methyl/N-ethyl adjacent to an activating group) is 1. The summed E-state index contributed by atoms with van der Waals surface area (Å²) in [6.07, 6.45) is 0.105. The lowest BCUT2D eigenvalue weighted by molar-refractivity contribution is -0.132. The molecule has 1 aliphatic rings. The summed E-state index contributed by atoms with van der Waals surface area (Å²) < 4.78 is 1.73. The van der Waals surface area contributed by atoms with Crippen molar-refractivity contribution in [2.75, 3.05) is 39.8 Å². The first kappa shape index (κ1) is 21.7. The second kappa shape index (κ2) is 9.69. The predicted molar refractivity (Wildman–Crippen MR) is 114 cm³/mol. The molecule has 2 amide bonds. The molecule has 3 rings (SSSR count). The molecule has 8 nitrogen and oxygen atoms in total. The highest BCUT2D eigenvalue weighted by atomic mass is 16.2. The zero-order valence-corrected chi connectivity index (χ0v) is 17.8. The smallest absolute Gasteiger partial charge is 0.240 e. The summed E-state index contributed by atoms with van der Waals surface area (Å²) in [5, 5.41) is 0. The van der Waals surface area contributed by atoms with Crippen molar-refractivity contribution in [1.82, 2.24) is 25.2 Å². The standard InChI is InChI=1S/C22H29N5O3/c1-16-4-6-17(7-5-16)22(30)19-9-8-18(26(19)3)14-20(28)24-23-15-21(29)27-12-10-25(2)11-13-27/h4-9,23H,10-15H2,1-3H3,(H,24,28). The van der Waals surface area contributed by atoms with Crippen molar-refractivity contribution in [2.24, 2.45) is 7.05 Å². The van der Waals surface area contributed by atoms with E-state index in [2.05, 4.69) is 15.8 Å². The summed E-state index contributed by atoms with van der Waals surface area (Å²) in [5.74, 6) is -0.384. The van der Waals surface area contributed by atoms with E-state index in [-0.39, 0.29) is 30.6 Å². The van der Waals surface area contributed by atoms with E-state index in [0.717, 1.165) is 24.3 Å². The summed E-state index contributed by atoms with van der Waals surface area (Å²) in [6, 6.07) is 10.9. The first-order chi connectivity index (χ1) is 14.3. The molecule has 0 spiro atoms. The second-order valence-electron chi connectivity index (χ2n) is 7.73. The maximum atomic E-state index is 12.7. The Labute approximate surface area is 176 Å². The first-order valence-corrected chi connectivity index (χ1v) is 10.1. The van der Waals surface area contributed by atoms with Crippen molar-refractivity contribution < 1.29 is 14.4 Å². The minimum absolute atomic E-state index is 0.0340. The summed E-state index contributed by atoms with van der Waals surface area (Å²) >= 11 is 0. The maximum absolute atomic E-state index is 12.7. The number of nitrogens with zero attached hydrogens (tertiary/aromatic N) is 3. The molecule has 0 unspecified atom stereocenters. The Bertz CT molecular complexity index is 911. The van der Waals surface area contributed by atoms with Crippen LogP contribution >= 0.6 is 0 Å². The van der Waals surface area contributed by atoms with Crippen molar-refractivity contribution in [1.29, 1.82) is 0 Å². The quantitative estimate of drug-likeness (QED) is 0.512. The van der Waals surface area contributed by atoms with E-state index in [1.807, 2.05) is 26.1 Å². The fourth-order valence-electron chi connectivity index (χ4n) is 3.41. The Morgan fingerprint density at radius 1 is 0.933 bits per heavy atom. The van der Waals surface area contributed by atoms with Crippen molar-refractivity contribution in [2.45, 2.75) is 13.3 Å². The third-order valence-corrected chi connectivity index (χ3v) is 5.44. The van der Waals surface area contributed by atoms with Gasteiger partial charge in [0.2, 0.25) is 17.6 Å². The van der Waals surface area contributed by atoms with Gasteiger partial charge in [0.25, 0.3) is 0 Å². The van der Waals surface area contributed by atoms with Crippen LogP contribution in [0.5, 0.6) is 0 Å². The molecule has 2 aromatic rings. The van der Waals surface area contributed by atoms with Gasteiger partial charge in [-0.25, -0.2) is 5.43 Å². The molecule has 2 N–H and O–H groups in total. The fourth-order valence-corrected chi connectivity index (χ4v) is 3.41. The van der Waals surface area contributed by atoms with Crippen LogP contribution in [0.4, 0.5) is 0 Å². The molecule has 1 saturated heterocycles. The van der Waals surface area contributed by atoms with Crippen LogP contribution < -0.4 is 10.9 Å². The van der Waals surface area contributed by atoms with Gasteiger partial charge in [-0.3, -0.25) is 19.8 Å². The van der Waals surface area contributed by atoms with Crippen LogP contribution in [0.2, 0.25) is 0 Å². The number of piperazine rings is 1. The highest BCUT2D eigenvalue weighted by Crippen LogP contribution is 2.14. The highest BCUT2D eigenvalue weighted by Gasteiger charge is 2.19. The van der Waals surface area contributed by atoms with Gasteiger partial charge in [0.15, 0.2) is 0 Å². The number of ketones is 1. The summed E-state index contributed by atoms with van der Waals surface area (Å²) in [5.41, 5.74) is 8.23. The Kier molecular flexibility index (Phi) is 7.02. The van der Waals surface area contributed by atoms with Gasteiger partial charge in [-0.15, -0.1) is 0 Å². The average Bonchev–Trinajstić information content (AvgIpc) is 3.08. The van der Waals surface area contributed by atoms with E-state index >= 15 is 0 Å². The minimum Gasteiger partial charge on any atom is -0.344 e. The van der Waals surface area contributed by atoms with E-state index in [1.54, 1.807) is 40.8 Å². The molecule has 0 atom stereocenters. The number of hydrogen-bond acceptors (Lipinski definition) is 5. The summed E-state index contributed by atoms with van der Waals surface area (Å²) in [4.78, 5) is 41.1. The largest absolute Gasteiger partial charge is 0.344 e. The van der Waals surface area contributed by atoms with Gasteiger partial charge in [-0.2, -0.15) is 0 Å². The lowest BCUT2D eigenvalue weighted by Gasteiger charge is -2.32. The van der Waals surface area contributed by atoms with Gasteiger partial charge < -0.3 is 14.4 Å². The summed E-state index contributed by atoms with van der Waals surface area (Å²) in [6.45, 7) is 5.14. The van der Waals surface area contributed by atoms with Gasteiger partial charge in [0, 0.05) is 44.5 Å². The maximum Gasteiger partial charge on any atom is 0.240 e. The SMILES string of the molecule is Cc1ccc(C(=O)c2ccc(CC(=O)NNCC(=O)N3CCN(C)CC3)n2C)cc1. The number of amides is 2. The van der Waals surface area contributed by atoms with Crippen LogP contribution in [0.1, 0.15) is 27.3 Å². The van der Waals surface area contributed by atoms with Gasteiger partial charge >= 0.3 is 0 Å². The fraction of sp³-hybridized carbons (Fsp3) is 0.409. The zero-order chi connectivity index (χ0) is 21.7. The number of nitrogens with one attached hydrogen (secondary N) is 2. The van der Waals surface area contributed by atoms with E-state index in [0.29, 0.717) is 24.3 Å². The molecule has 30 heavy (non-hydrogen) atoms. The van der Waals surface area contributed by atoms with Crippen LogP contribution in [-0.4, -0.2) is 71.7 Å². The number of hydrogen-bond donors (Lipinski definition) is 2. The lowest BCUT2D eigenvalue weighted by Crippen LogP contribution is -2.51. The number of aromatic nitrogens is 1. The first-order valence-electron chi connectivity index (χ1n) is 10.1. The van der Waals surface area contributed by atoms with E-state index in [4.69, 9.17) is 0 Å². The number of aryl methyl sites for hydroxylation is 1. The predicted octanol–water partition coefficient (Wildman–Crippen LogP) is 0.502. The van der Waals surface area contributed by atoms with Crippen LogP contribution in [0.15, 0.2) is 36.4 Å². The third-order valence-electron chi connectivity index (χ3n) is 5.44. The van der Waals surface area contributed by atoms with Crippen LogP contribution in [-0.2, 0) is 23.1 Å². The minimum atomic E-state index is -0.267. The van der Waals surface area contributed by atoms with Crippen molar-refractivity contribution >= 4 is 17.6 Å². The van der Waals surface area contributed by atoms with Crippen molar-refractivity contribution in [3.8, 4) is 0 Å². The molecule has 8 heteroatoms. The second-order valence-corrected chi connectivity index (χ2v) is 7.73. The monoisotopic (exact) mass is 411 g/mol.